The molecule has 5 nitrogen and oxygen atoms in total. The first-order valence-electron chi connectivity index (χ1n) is 3.23. The zero-order valence-corrected chi connectivity index (χ0v) is 7.62. The van der Waals surface area contributed by atoms with E-state index < -0.39 is 0 Å². The van der Waals surface area contributed by atoms with Crippen LogP contribution < -0.4 is 34.0 Å². The summed E-state index contributed by atoms with van der Waals surface area (Å²) >= 11 is 0. The zero-order valence-electron chi connectivity index (χ0n) is 6.46. The Morgan fingerprint density at radius 3 is 1.17 bits per heavy atom. The number of anilines is 5. The summed E-state index contributed by atoms with van der Waals surface area (Å²) < 4.78 is 0. The van der Waals surface area contributed by atoms with Crippen LogP contribution in [0.4, 0.5) is 28.4 Å². The van der Waals surface area contributed by atoms with E-state index in [9.17, 15) is 0 Å². The SMILES string of the molecule is Nc1c(N)c(N)c(P)c(N)c1N. The van der Waals surface area contributed by atoms with E-state index in [1.165, 1.54) is 0 Å². The second-order valence-corrected chi connectivity index (χ2v) is 3.06. The maximum absolute atomic E-state index is 5.59. The van der Waals surface area contributed by atoms with Gasteiger partial charge in [-0.1, -0.05) is 0 Å². The van der Waals surface area contributed by atoms with Gasteiger partial charge in [-0.3, -0.25) is 0 Å². The summed E-state index contributed by atoms with van der Waals surface area (Å²) in [6, 6.07) is 0. The van der Waals surface area contributed by atoms with Crippen molar-refractivity contribution in [1.82, 2.24) is 0 Å². The molecule has 1 rings (SSSR count). The minimum Gasteiger partial charge on any atom is -0.396 e. The van der Waals surface area contributed by atoms with Crippen molar-refractivity contribution in [3.8, 4) is 0 Å². The first-order chi connectivity index (χ1) is 5.46. The Labute approximate surface area is 72.5 Å². The highest BCUT2D eigenvalue weighted by Crippen LogP contribution is 2.33. The molecule has 0 aliphatic heterocycles. The van der Waals surface area contributed by atoms with Crippen molar-refractivity contribution in [2.75, 3.05) is 28.7 Å². The maximum Gasteiger partial charge on any atom is 0.0824 e. The van der Waals surface area contributed by atoms with Gasteiger partial charge in [0.1, 0.15) is 0 Å². The third-order valence-electron chi connectivity index (χ3n) is 1.74. The van der Waals surface area contributed by atoms with Crippen molar-refractivity contribution < 1.29 is 0 Å². The van der Waals surface area contributed by atoms with Crippen molar-refractivity contribution in [2.24, 2.45) is 0 Å². The maximum atomic E-state index is 5.59. The summed E-state index contributed by atoms with van der Waals surface area (Å²) in [4.78, 5) is 0. The monoisotopic (exact) mass is 185 g/mol. The van der Waals surface area contributed by atoms with Crippen molar-refractivity contribution >= 4 is 43.0 Å². The zero-order chi connectivity index (χ0) is 9.46. The molecule has 0 saturated carbocycles. The van der Waals surface area contributed by atoms with Gasteiger partial charge < -0.3 is 28.7 Å². The number of hydrogen-bond acceptors (Lipinski definition) is 5. The van der Waals surface area contributed by atoms with E-state index in [1.807, 2.05) is 0 Å². The largest absolute Gasteiger partial charge is 0.396 e. The molecular weight excluding hydrogens is 173 g/mol. The molecule has 10 N–H and O–H groups in total. The molecule has 0 saturated heterocycles. The van der Waals surface area contributed by atoms with Gasteiger partial charge in [0.2, 0.25) is 0 Å². The summed E-state index contributed by atoms with van der Waals surface area (Å²) in [7, 11) is 2.37. The molecule has 1 atom stereocenters. The van der Waals surface area contributed by atoms with Crippen molar-refractivity contribution in [3.05, 3.63) is 0 Å². The average molecular weight is 185 g/mol. The molecule has 0 heterocycles. The molecule has 0 aromatic heterocycles. The van der Waals surface area contributed by atoms with Gasteiger partial charge in [-0.2, -0.15) is 0 Å². The fourth-order valence-corrected chi connectivity index (χ4v) is 1.18. The highest BCUT2D eigenvalue weighted by Gasteiger charge is 2.11. The summed E-state index contributed by atoms with van der Waals surface area (Å²) in [5, 5.41) is 0.596. The predicted octanol–water partition coefficient (Wildman–Crippen LogP) is -0.902. The van der Waals surface area contributed by atoms with Gasteiger partial charge in [-0.25, -0.2) is 0 Å². The minimum absolute atomic E-state index is 0.246. The van der Waals surface area contributed by atoms with Crippen molar-refractivity contribution in [3.63, 3.8) is 0 Å². The van der Waals surface area contributed by atoms with Crippen LogP contribution in [0.15, 0.2) is 0 Å². The average Bonchev–Trinajstić information content (AvgIpc) is 2.08. The van der Waals surface area contributed by atoms with Crippen LogP contribution >= 0.6 is 9.24 Å². The van der Waals surface area contributed by atoms with Gasteiger partial charge in [0, 0.05) is 5.30 Å². The Kier molecular flexibility index (Phi) is 1.90. The van der Waals surface area contributed by atoms with Crippen LogP contribution in [0, 0.1) is 0 Å². The Hall–Kier alpha value is -1.35. The lowest BCUT2D eigenvalue weighted by molar-refractivity contribution is 1.66. The fourth-order valence-electron chi connectivity index (χ4n) is 0.871. The number of nitrogens with two attached hydrogens (primary N) is 5. The summed E-state index contributed by atoms with van der Waals surface area (Å²) in [5.74, 6) is 0. The minimum atomic E-state index is 0.246. The van der Waals surface area contributed by atoms with E-state index in [0.717, 1.165) is 0 Å². The number of hydrogen-bond donors (Lipinski definition) is 5. The highest BCUT2D eigenvalue weighted by molar-refractivity contribution is 7.28. The molecule has 0 radical (unpaired) electrons. The molecule has 1 unspecified atom stereocenters. The lowest BCUT2D eigenvalue weighted by Gasteiger charge is -2.13. The summed E-state index contributed by atoms with van der Waals surface area (Å²) in [5.41, 5.74) is 29.4. The summed E-state index contributed by atoms with van der Waals surface area (Å²) in [6.07, 6.45) is 0. The van der Waals surface area contributed by atoms with Crippen LogP contribution in [0.2, 0.25) is 0 Å². The normalized spacial score (nSPS) is 10.1. The predicted molar refractivity (Wildman–Crippen MR) is 57.8 cm³/mol. The van der Waals surface area contributed by atoms with Gasteiger partial charge in [0.15, 0.2) is 0 Å². The Bertz CT molecular complexity index is 230. The second-order valence-electron chi connectivity index (χ2n) is 2.48. The molecule has 1 aromatic rings. The van der Waals surface area contributed by atoms with Crippen LogP contribution in [0.3, 0.4) is 0 Å². The first kappa shape index (κ1) is 8.74. The first-order valence-corrected chi connectivity index (χ1v) is 3.81. The molecule has 0 bridgehead atoms. The second kappa shape index (κ2) is 2.60. The van der Waals surface area contributed by atoms with Crippen LogP contribution in [0.25, 0.3) is 0 Å². The van der Waals surface area contributed by atoms with E-state index in [4.69, 9.17) is 28.7 Å². The van der Waals surface area contributed by atoms with E-state index in [0.29, 0.717) is 16.7 Å². The molecule has 6 heteroatoms. The van der Waals surface area contributed by atoms with Gasteiger partial charge in [0.25, 0.3) is 0 Å². The molecule has 66 valence electrons. The smallest absolute Gasteiger partial charge is 0.0824 e. The molecule has 1 aromatic carbocycles. The van der Waals surface area contributed by atoms with Gasteiger partial charge in [-0.15, -0.1) is 9.24 Å². The van der Waals surface area contributed by atoms with Gasteiger partial charge >= 0.3 is 0 Å². The molecular formula is C6H12N5P. The third kappa shape index (κ3) is 0.987. The van der Waals surface area contributed by atoms with E-state index >= 15 is 0 Å². The lowest BCUT2D eigenvalue weighted by Crippen LogP contribution is -2.16. The Morgan fingerprint density at radius 2 is 0.833 bits per heavy atom. The van der Waals surface area contributed by atoms with Gasteiger partial charge in [0.05, 0.1) is 28.4 Å². The van der Waals surface area contributed by atoms with E-state index in [2.05, 4.69) is 9.24 Å². The number of benzene rings is 1. The molecule has 12 heavy (non-hydrogen) atoms. The van der Waals surface area contributed by atoms with E-state index in [-0.39, 0.29) is 17.1 Å². The van der Waals surface area contributed by atoms with E-state index in [1.54, 1.807) is 0 Å². The molecule has 0 fully saturated rings. The molecule has 0 aliphatic carbocycles. The quantitative estimate of drug-likeness (QED) is 0.264. The van der Waals surface area contributed by atoms with Crippen LogP contribution in [0.1, 0.15) is 0 Å². The number of rotatable bonds is 0. The lowest BCUT2D eigenvalue weighted by atomic mass is 10.2. The van der Waals surface area contributed by atoms with Gasteiger partial charge in [-0.05, 0) is 0 Å². The Balaban J connectivity index is 3.60. The standard InChI is InChI=1S/C6H12N5P/c7-1-2(8)4(10)6(12)5(11)3(1)9/h7-12H2. The third-order valence-corrected chi connectivity index (χ3v) is 2.36. The van der Waals surface area contributed by atoms with Crippen LogP contribution in [0.5, 0.6) is 0 Å². The highest BCUT2D eigenvalue weighted by atomic mass is 31.0. The molecule has 0 amide bonds. The van der Waals surface area contributed by atoms with Crippen molar-refractivity contribution in [1.29, 1.82) is 0 Å². The molecule has 0 aliphatic rings. The number of nitrogen functional groups attached to an aromatic ring is 5. The Morgan fingerprint density at radius 1 is 0.583 bits per heavy atom. The van der Waals surface area contributed by atoms with Crippen LogP contribution in [-0.4, -0.2) is 0 Å². The molecule has 0 spiro atoms. The van der Waals surface area contributed by atoms with Crippen LogP contribution in [-0.2, 0) is 0 Å². The summed E-state index contributed by atoms with van der Waals surface area (Å²) in [6.45, 7) is 0. The topological polar surface area (TPSA) is 130 Å². The van der Waals surface area contributed by atoms with Crippen molar-refractivity contribution in [2.45, 2.75) is 0 Å². The fraction of sp³-hybridized carbons (Fsp3) is 0.